The smallest absolute Gasteiger partial charge is 0.264 e. The van der Waals surface area contributed by atoms with E-state index in [4.69, 9.17) is 10.5 Å². The molecule has 1 unspecified atom stereocenters. The second kappa shape index (κ2) is 8.46. The molecule has 2 N–H and O–H groups in total. The minimum absolute atomic E-state index is 0.171. The second-order valence-corrected chi connectivity index (χ2v) is 7.82. The molecule has 2 aromatic carbocycles. The number of aryl methyl sites for hydroxylation is 2. The summed E-state index contributed by atoms with van der Waals surface area (Å²) in [5.74, 6) is -0.453. The van der Waals surface area contributed by atoms with Crippen molar-refractivity contribution in [2.24, 2.45) is 5.73 Å². The third-order valence-electron chi connectivity index (χ3n) is 6.23. The van der Waals surface area contributed by atoms with Gasteiger partial charge >= 0.3 is 0 Å². The van der Waals surface area contributed by atoms with Gasteiger partial charge in [-0.3, -0.25) is 9.69 Å². The van der Waals surface area contributed by atoms with Crippen LogP contribution in [0.25, 0.3) is 0 Å². The van der Waals surface area contributed by atoms with Crippen LogP contribution in [0.3, 0.4) is 0 Å². The van der Waals surface area contributed by atoms with E-state index in [1.807, 2.05) is 18.2 Å². The fourth-order valence-corrected chi connectivity index (χ4v) is 4.40. The van der Waals surface area contributed by atoms with E-state index in [2.05, 4.69) is 43.0 Å². The highest BCUT2D eigenvalue weighted by Crippen LogP contribution is 2.33. The number of amides is 1. The van der Waals surface area contributed by atoms with E-state index < -0.39 is 11.6 Å². The van der Waals surface area contributed by atoms with Gasteiger partial charge in [-0.25, -0.2) is 0 Å². The summed E-state index contributed by atoms with van der Waals surface area (Å²) >= 11 is 0. The Morgan fingerprint density at radius 2 is 1.64 bits per heavy atom. The quantitative estimate of drug-likeness (QED) is 0.712. The van der Waals surface area contributed by atoms with Crippen molar-refractivity contribution in [1.29, 1.82) is 0 Å². The molecule has 0 fully saturated rings. The molecule has 2 aromatic rings. The lowest BCUT2D eigenvalue weighted by atomic mass is 9.97. The summed E-state index contributed by atoms with van der Waals surface area (Å²) in [4.78, 5) is 14.5. The first-order chi connectivity index (χ1) is 13.4. The first kappa shape index (κ1) is 20.6. The van der Waals surface area contributed by atoms with Crippen LogP contribution in [0.2, 0.25) is 0 Å². The van der Waals surface area contributed by atoms with Crippen molar-refractivity contribution in [3.63, 3.8) is 0 Å². The predicted octanol–water partition coefficient (Wildman–Crippen LogP) is 3.63. The highest BCUT2D eigenvalue weighted by Gasteiger charge is 2.43. The fourth-order valence-electron chi connectivity index (χ4n) is 4.40. The van der Waals surface area contributed by atoms with Gasteiger partial charge in [-0.05, 0) is 60.4 Å². The molecule has 1 amide bonds. The lowest BCUT2D eigenvalue weighted by molar-refractivity contribution is -0.172. The van der Waals surface area contributed by atoms with Gasteiger partial charge in [0.1, 0.15) is 0 Å². The Balaban J connectivity index is 1.95. The van der Waals surface area contributed by atoms with Crippen LogP contribution >= 0.6 is 0 Å². The number of rotatable bonds is 8. The van der Waals surface area contributed by atoms with Crippen molar-refractivity contribution >= 4 is 5.91 Å². The molecule has 28 heavy (non-hydrogen) atoms. The Hall–Kier alpha value is -2.17. The Morgan fingerprint density at radius 3 is 2.07 bits per heavy atom. The highest BCUT2D eigenvalue weighted by atomic mass is 16.5. The van der Waals surface area contributed by atoms with Gasteiger partial charge in [0.05, 0.1) is 0 Å². The minimum Gasteiger partial charge on any atom is -0.366 e. The van der Waals surface area contributed by atoms with Gasteiger partial charge in [-0.15, -0.1) is 0 Å². The van der Waals surface area contributed by atoms with Crippen LogP contribution in [-0.4, -0.2) is 29.7 Å². The average molecular weight is 381 g/mol. The summed E-state index contributed by atoms with van der Waals surface area (Å²) in [5.41, 5.74) is 11.4. The summed E-state index contributed by atoms with van der Waals surface area (Å²) < 4.78 is 5.69. The summed E-state index contributed by atoms with van der Waals surface area (Å²) in [5, 5.41) is 0. The van der Waals surface area contributed by atoms with E-state index in [1.54, 1.807) is 14.0 Å². The lowest BCUT2D eigenvalue weighted by Crippen LogP contribution is -2.60. The van der Waals surface area contributed by atoms with Crippen LogP contribution in [0.1, 0.15) is 48.6 Å². The van der Waals surface area contributed by atoms with Gasteiger partial charge in [-0.2, -0.15) is 0 Å². The molecule has 150 valence electrons. The Labute approximate surface area is 168 Å². The van der Waals surface area contributed by atoms with Gasteiger partial charge in [0.25, 0.3) is 5.91 Å². The third kappa shape index (κ3) is 3.85. The van der Waals surface area contributed by atoms with Crippen molar-refractivity contribution in [3.8, 4) is 0 Å². The number of methoxy groups -OCH3 is 1. The number of benzene rings is 2. The number of primary amides is 1. The van der Waals surface area contributed by atoms with E-state index in [0.717, 1.165) is 31.2 Å². The number of hydrogen-bond donors (Lipinski definition) is 1. The lowest BCUT2D eigenvalue weighted by Gasteiger charge is -2.41. The maximum Gasteiger partial charge on any atom is 0.264 e. The fraction of sp³-hybridized carbons (Fsp3) is 0.458. The molecule has 0 aliphatic heterocycles. The molecule has 3 rings (SSSR count). The van der Waals surface area contributed by atoms with Crippen LogP contribution in [-0.2, 0) is 41.8 Å². The topological polar surface area (TPSA) is 55.6 Å². The van der Waals surface area contributed by atoms with Crippen molar-refractivity contribution in [2.75, 3.05) is 7.11 Å². The monoisotopic (exact) mass is 380 g/mol. The molecule has 0 saturated carbocycles. The Kier molecular flexibility index (Phi) is 6.21. The Morgan fingerprint density at radius 1 is 1.11 bits per heavy atom. The molecule has 0 heterocycles. The number of carbonyl (C=O) groups is 1. The predicted molar refractivity (Wildman–Crippen MR) is 113 cm³/mol. The molecule has 4 nitrogen and oxygen atoms in total. The molecule has 1 atom stereocenters. The SMILES string of the molecule is CCc1cc2c(cc1CC)CC(N(Cc1ccccc1)C(C)(OC)C(N)=O)C2. The first-order valence-corrected chi connectivity index (χ1v) is 10.2. The average Bonchev–Trinajstić information content (AvgIpc) is 3.13. The van der Waals surface area contributed by atoms with Crippen LogP contribution in [0.4, 0.5) is 0 Å². The van der Waals surface area contributed by atoms with Gasteiger partial charge in [0.15, 0.2) is 5.72 Å². The summed E-state index contributed by atoms with van der Waals surface area (Å²) in [6.07, 6.45) is 3.91. The van der Waals surface area contributed by atoms with Gasteiger partial charge in [0.2, 0.25) is 0 Å². The molecule has 4 heteroatoms. The molecule has 0 radical (unpaired) electrons. The van der Waals surface area contributed by atoms with Crippen molar-refractivity contribution in [2.45, 2.75) is 64.8 Å². The highest BCUT2D eigenvalue weighted by molar-refractivity contribution is 5.82. The standard InChI is InChI=1S/C24H32N2O2/c1-5-18-12-20-14-22(15-21(20)13-19(18)6-2)26(24(3,28-4)23(25)27)16-17-10-8-7-9-11-17/h7-13,22H,5-6,14-16H2,1-4H3,(H2,25,27). The zero-order chi connectivity index (χ0) is 20.3. The zero-order valence-corrected chi connectivity index (χ0v) is 17.5. The number of nitrogens with two attached hydrogens (primary N) is 1. The molecule has 1 aliphatic rings. The number of ether oxygens (including phenoxy) is 1. The number of carbonyl (C=O) groups excluding carboxylic acids is 1. The van der Waals surface area contributed by atoms with Crippen molar-refractivity contribution < 1.29 is 9.53 Å². The van der Waals surface area contributed by atoms with E-state index >= 15 is 0 Å². The largest absolute Gasteiger partial charge is 0.366 e. The van der Waals surface area contributed by atoms with Gasteiger partial charge < -0.3 is 10.5 Å². The van der Waals surface area contributed by atoms with Crippen LogP contribution in [0, 0.1) is 0 Å². The van der Waals surface area contributed by atoms with Gasteiger partial charge in [0, 0.05) is 19.7 Å². The first-order valence-electron chi connectivity index (χ1n) is 10.2. The van der Waals surface area contributed by atoms with Crippen LogP contribution in [0.15, 0.2) is 42.5 Å². The molecule has 0 saturated heterocycles. The second-order valence-electron chi connectivity index (χ2n) is 7.82. The van der Waals surface area contributed by atoms with Crippen molar-refractivity contribution in [1.82, 2.24) is 4.90 Å². The maximum atomic E-state index is 12.4. The maximum absolute atomic E-state index is 12.4. The number of nitrogens with zero attached hydrogens (tertiary/aromatic N) is 1. The van der Waals surface area contributed by atoms with E-state index in [-0.39, 0.29) is 6.04 Å². The molecular formula is C24H32N2O2. The summed E-state index contributed by atoms with van der Waals surface area (Å²) in [6.45, 7) is 6.83. The molecule has 1 aliphatic carbocycles. The zero-order valence-electron chi connectivity index (χ0n) is 17.5. The number of hydrogen-bond acceptors (Lipinski definition) is 3. The van der Waals surface area contributed by atoms with E-state index in [0.29, 0.717) is 6.54 Å². The summed E-state index contributed by atoms with van der Waals surface area (Å²) in [6, 6.07) is 15.1. The normalized spacial score (nSPS) is 16.2. The third-order valence-corrected chi connectivity index (χ3v) is 6.23. The van der Waals surface area contributed by atoms with Crippen LogP contribution in [0.5, 0.6) is 0 Å². The Bertz CT molecular complexity index is 801. The van der Waals surface area contributed by atoms with E-state index in [9.17, 15) is 4.79 Å². The molecule has 0 spiro atoms. The van der Waals surface area contributed by atoms with Crippen LogP contribution < -0.4 is 5.73 Å². The molecule has 0 bridgehead atoms. The van der Waals surface area contributed by atoms with Crippen molar-refractivity contribution in [3.05, 3.63) is 70.3 Å². The number of fused-ring (bicyclic) bond motifs is 1. The summed E-state index contributed by atoms with van der Waals surface area (Å²) in [7, 11) is 1.56. The van der Waals surface area contributed by atoms with E-state index in [1.165, 1.54) is 22.3 Å². The minimum atomic E-state index is -1.15. The van der Waals surface area contributed by atoms with Gasteiger partial charge in [-0.1, -0.05) is 56.3 Å². The molecular weight excluding hydrogens is 348 g/mol. The molecule has 0 aromatic heterocycles.